The van der Waals surface area contributed by atoms with Crippen LogP contribution in [0, 0.1) is 6.92 Å². The third-order valence-electron chi connectivity index (χ3n) is 5.29. The van der Waals surface area contributed by atoms with Gasteiger partial charge in [-0.25, -0.2) is 0 Å². The summed E-state index contributed by atoms with van der Waals surface area (Å²) in [6.45, 7) is 3.81. The van der Waals surface area contributed by atoms with E-state index < -0.39 is 17.8 Å². The van der Waals surface area contributed by atoms with Crippen molar-refractivity contribution >= 4 is 32.5 Å². The Morgan fingerprint density at radius 1 is 1.00 bits per heavy atom. The van der Waals surface area contributed by atoms with Crippen LogP contribution in [0.15, 0.2) is 71.2 Å². The molecule has 1 N–H and O–H groups in total. The van der Waals surface area contributed by atoms with Crippen LogP contribution in [0.2, 0.25) is 0 Å². The second-order valence-corrected chi connectivity index (χ2v) is 8.58. The van der Waals surface area contributed by atoms with E-state index in [2.05, 4.69) is 31.4 Å². The van der Waals surface area contributed by atoms with Gasteiger partial charge in [-0.1, -0.05) is 58.4 Å². The Balaban J connectivity index is 1.65. The van der Waals surface area contributed by atoms with Crippen molar-refractivity contribution in [3.63, 3.8) is 0 Å². The van der Waals surface area contributed by atoms with Crippen molar-refractivity contribution in [2.24, 2.45) is 0 Å². The van der Waals surface area contributed by atoms with E-state index in [1.807, 2.05) is 55.5 Å². The number of rotatable bonds is 6. The zero-order chi connectivity index (χ0) is 23.6. The van der Waals surface area contributed by atoms with Crippen LogP contribution in [0.25, 0.3) is 10.8 Å². The first-order valence-corrected chi connectivity index (χ1v) is 11.1. The minimum Gasteiger partial charge on any atom is -0.489 e. The molecular formula is C25H21BrF3N3O. The van der Waals surface area contributed by atoms with E-state index in [4.69, 9.17) is 4.74 Å². The van der Waals surface area contributed by atoms with E-state index in [0.717, 1.165) is 38.6 Å². The highest BCUT2D eigenvalue weighted by atomic mass is 79.9. The summed E-state index contributed by atoms with van der Waals surface area (Å²) in [4.78, 5) is 0. The fourth-order valence-electron chi connectivity index (χ4n) is 3.57. The Hall–Kier alpha value is -3.13. The monoisotopic (exact) mass is 515 g/mol. The van der Waals surface area contributed by atoms with Crippen molar-refractivity contribution in [2.45, 2.75) is 32.7 Å². The molecule has 0 fully saturated rings. The normalized spacial score (nSPS) is 12.5. The topological polar surface area (TPSA) is 47.0 Å². The van der Waals surface area contributed by atoms with Gasteiger partial charge in [-0.2, -0.15) is 18.3 Å². The number of nitrogens with one attached hydrogen (secondary N) is 1. The molecule has 1 heterocycles. The third-order valence-corrected chi connectivity index (χ3v) is 5.95. The summed E-state index contributed by atoms with van der Waals surface area (Å²) in [6.07, 6.45) is -4.50. The summed E-state index contributed by atoms with van der Waals surface area (Å²) in [5.74, 6) is 0.647. The number of alkyl halides is 3. The number of fused-ring (bicyclic) bond motifs is 1. The van der Waals surface area contributed by atoms with Crippen molar-refractivity contribution in [3.05, 3.63) is 93.6 Å². The van der Waals surface area contributed by atoms with Gasteiger partial charge < -0.3 is 10.1 Å². The lowest BCUT2D eigenvalue weighted by atomic mass is 10.0. The molecule has 3 aromatic carbocycles. The smallest absolute Gasteiger partial charge is 0.416 e. The first-order chi connectivity index (χ1) is 15.7. The Kier molecular flexibility index (Phi) is 6.56. The molecule has 0 aliphatic rings. The Morgan fingerprint density at radius 3 is 2.48 bits per heavy atom. The minimum absolute atomic E-state index is 0.153. The average Bonchev–Trinajstić information content (AvgIpc) is 2.79. The lowest BCUT2D eigenvalue weighted by Crippen LogP contribution is -2.12. The molecule has 0 saturated heterocycles. The van der Waals surface area contributed by atoms with Gasteiger partial charge >= 0.3 is 6.18 Å². The molecule has 0 aliphatic carbocycles. The van der Waals surface area contributed by atoms with Crippen molar-refractivity contribution in [1.29, 1.82) is 0 Å². The van der Waals surface area contributed by atoms with E-state index in [1.165, 1.54) is 0 Å². The lowest BCUT2D eigenvalue weighted by molar-refractivity contribution is -0.137. The molecule has 8 heteroatoms. The highest BCUT2D eigenvalue weighted by Gasteiger charge is 2.32. The maximum Gasteiger partial charge on any atom is 0.416 e. The molecule has 0 aliphatic heterocycles. The molecule has 33 heavy (non-hydrogen) atoms. The molecule has 1 unspecified atom stereocenters. The van der Waals surface area contributed by atoms with Crippen LogP contribution in [-0.4, -0.2) is 10.2 Å². The Morgan fingerprint density at radius 2 is 1.76 bits per heavy atom. The number of anilines is 1. The van der Waals surface area contributed by atoms with E-state index in [1.54, 1.807) is 13.0 Å². The molecule has 0 saturated carbocycles. The van der Waals surface area contributed by atoms with Gasteiger partial charge in [0.2, 0.25) is 0 Å². The largest absolute Gasteiger partial charge is 0.489 e. The van der Waals surface area contributed by atoms with Crippen LogP contribution >= 0.6 is 15.9 Å². The number of benzene rings is 3. The number of halogens is 4. The van der Waals surface area contributed by atoms with Gasteiger partial charge in [0, 0.05) is 15.2 Å². The number of aromatic nitrogens is 2. The molecule has 4 nitrogen and oxygen atoms in total. The van der Waals surface area contributed by atoms with Crippen molar-refractivity contribution in [3.8, 4) is 5.75 Å². The predicted octanol–water partition coefficient (Wildman–Crippen LogP) is 7.47. The lowest BCUT2D eigenvalue weighted by Gasteiger charge is -2.20. The molecule has 4 aromatic rings. The Labute approximate surface area is 197 Å². The minimum atomic E-state index is -4.50. The summed E-state index contributed by atoms with van der Waals surface area (Å²) in [5.41, 5.74) is 1.29. The summed E-state index contributed by atoms with van der Waals surface area (Å²) in [7, 11) is 0. The quantitative estimate of drug-likeness (QED) is 0.289. The summed E-state index contributed by atoms with van der Waals surface area (Å²) >= 11 is 3.53. The van der Waals surface area contributed by atoms with Crippen molar-refractivity contribution in [2.75, 3.05) is 5.32 Å². The van der Waals surface area contributed by atoms with Crippen LogP contribution in [0.4, 0.5) is 19.0 Å². The zero-order valence-corrected chi connectivity index (χ0v) is 19.5. The van der Waals surface area contributed by atoms with E-state index in [9.17, 15) is 13.2 Å². The molecule has 0 amide bonds. The highest BCUT2D eigenvalue weighted by molar-refractivity contribution is 9.10. The van der Waals surface area contributed by atoms with Crippen LogP contribution in [0.5, 0.6) is 5.75 Å². The fraction of sp³-hybridized carbons (Fsp3) is 0.200. The number of hydrogen-bond donors (Lipinski definition) is 1. The van der Waals surface area contributed by atoms with E-state index in [0.29, 0.717) is 11.4 Å². The number of hydrogen-bond acceptors (Lipinski definition) is 4. The molecule has 1 aromatic heterocycles. The van der Waals surface area contributed by atoms with Crippen LogP contribution in [0.1, 0.15) is 35.3 Å². The van der Waals surface area contributed by atoms with Crippen LogP contribution < -0.4 is 10.1 Å². The second kappa shape index (κ2) is 9.39. The summed E-state index contributed by atoms with van der Waals surface area (Å²) in [5, 5.41) is 13.4. The van der Waals surface area contributed by atoms with Gasteiger partial charge in [-0.15, -0.1) is 5.10 Å². The first-order valence-electron chi connectivity index (χ1n) is 10.3. The van der Waals surface area contributed by atoms with E-state index in [-0.39, 0.29) is 12.4 Å². The fourth-order valence-corrected chi connectivity index (χ4v) is 4.23. The summed E-state index contributed by atoms with van der Waals surface area (Å²) < 4.78 is 47.4. The predicted molar refractivity (Wildman–Crippen MR) is 126 cm³/mol. The van der Waals surface area contributed by atoms with Crippen LogP contribution in [-0.2, 0) is 12.8 Å². The Bertz CT molecular complexity index is 1270. The molecule has 0 radical (unpaired) electrons. The number of ether oxygens (including phenoxy) is 1. The third kappa shape index (κ3) is 5.27. The number of aryl methyl sites for hydroxylation is 1. The second-order valence-electron chi connectivity index (χ2n) is 7.73. The van der Waals surface area contributed by atoms with Gasteiger partial charge in [0.25, 0.3) is 0 Å². The highest BCUT2D eigenvalue weighted by Crippen LogP contribution is 2.36. The maximum atomic E-state index is 13.6. The van der Waals surface area contributed by atoms with Gasteiger partial charge in [0.15, 0.2) is 5.82 Å². The first kappa shape index (κ1) is 23.0. The van der Waals surface area contributed by atoms with Crippen LogP contribution in [0.3, 0.4) is 0 Å². The average molecular weight is 516 g/mol. The molecule has 0 spiro atoms. The SMILES string of the molecule is Cc1nnc(NC(C)c2cc(OCc3ccccc3)cc(C(F)(F)F)c2)c2cccc(Br)c12. The van der Waals surface area contributed by atoms with Gasteiger partial charge in [-0.05, 0) is 49.2 Å². The summed E-state index contributed by atoms with van der Waals surface area (Å²) in [6, 6.07) is 18.3. The number of nitrogens with zero attached hydrogens (tertiary/aromatic N) is 2. The standard InChI is InChI=1S/C25H21BrF3N3O/c1-15(30-24-21-9-6-10-22(26)23(21)16(2)31-32-24)18-11-19(25(27,28)29)13-20(12-18)33-14-17-7-4-3-5-8-17/h3-13,15H,14H2,1-2H3,(H,30,32). The van der Waals surface area contributed by atoms with Gasteiger partial charge in [-0.3, -0.25) is 0 Å². The molecule has 0 bridgehead atoms. The van der Waals surface area contributed by atoms with Gasteiger partial charge in [0.05, 0.1) is 17.3 Å². The molecule has 1 atom stereocenters. The maximum absolute atomic E-state index is 13.6. The van der Waals surface area contributed by atoms with Crippen molar-refractivity contribution < 1.29 is 17.9 Å². The molecule has 4 rings (SSSR count). The van der Waals surface area contributed by atoms with Gasteiger partial charge in [0.1, 0.15) is 12.4 Å². The molecule has 170 valence electrons. The zero-order valence-electron chi connectivity index (χ0n) is 17.9. The van der Waals surface area contributed by atoms with Crippen molar-refractivity contribution in [1.82, 2.24) is 10.2 Å². The van der Waals surface area contributed by atoms with E-state index >= 15 is 0 Å². The molecular weight excluding hydrogens is 495 g/mol.